The fourth-order valence-electron chi connectivity index (χ4n) is 3.24. The third-order valence-corrected chi connectivity index (χ3v) is 4.57. The standard InChI is InChI=1S/C20H20F2N2O2/c1-2-23(12-14-6-5-7-16(21)10-14)20(26)15-11-19(25)24(13-15)18-9-4-3-8-17(18)22/h3-10,15H,2,11-13H2,1H3. The van der Waals surface area contributed by atoms with Gasteiger partial charge in [-0.3, -0.25) is 9.59 Å². The zero-order valence-electron chi connectivity index (χ0n) is 14.5. The van der Waals surface area contributed by atoms with Crippen molar-refractivity contribution in [2.45, 2.75) is 19.9 Å². The predicted molar refractivity (Wildman–Crippen MR) is 94.4 cm³/mol. The Morgan fingerprint density at radius 3 is 2.65 bits per heavy atom. The van der Waals surface area contributed by atoms with E-state index in [9.17, 15) is 18.4 Å². The molecule has 0 N–H and O–H groups in total. The number of amides is 2. The summed E-state index contributed by atoms with van der Waals surface area (Å²) < 4.78 is 27.3. The molecule has 0 saturated carbocycles. The minimum Gasteiger partial charge on any atom is -0.338 e. The van der Waals surface area contributed by atoms with E-state index in [0.29, 0.717) is 12.1 Å². The summed E-state index contributed by atoms with van der Waals surface area (Å²) in [5, 5.41) is 0. The lowest BCUT2D eigenvalue weighted by Gasteiger charge is -2.24. The Morgan fingerprint density at radius 2 is 1.96 bits per heavy atom. The molecule has 1 fully saturated rings. The topological polar surface area (TPSA) is 40.6 Å². The van der Waals surface area contributed by atoms with E-state index < -0.39 is 11.7 Å². The summed E-state index contributed by atoms with van der Waals surface area (Å²) in [7, 11) is 0. The number of benzene rings is 2. The number of para-hydroxylation sites is 1. The van der Waals surface area contributed by atoms with Crippen molar-refractivity contribution < 1.29 is 18.4 Å². The fourth-order valence-corrected chi connectivity index (χ4v) is 3.24. The first-order valence-electron chi connectivity index (χ1n) is 8.57. The van der Waals surface area contributed by atoms with E-state index in [4.69, 9.17) is 0 Å². The number of anilines is 1. The second-order valence-corrected chi connectivity index (χ2v) is 6.34. The minimum atomic E-state index is -0.532. The third-order valence-electron chi connectivity index (χ3n) is 4.57. The highest BCUT2D eigenvalue weighted by Crippen LogP contribution is 2.28. The SMILES string of the molecule is CCN(Cc1cccc(F)c1)C(=O)C1CC(=O)N(c2ccccc2F)C1. The van der Waals surface area contributed by atoms with E-state index in [0.717, 1.165) is 0 Å². The lowest BCUT2D eigenvalue weighted by molar-refractivity contribution is -0.136. The van der Waals surface area contributed by atoms with Crippen LogP contribution < -0.4 is 4.90 Å². The van der Waals surface area contributed by atoms with Crippen LogP contribution in [0.25, 0.3) is 0 Å². The van der Waals surface area contributed by atoms with Gasteiger partial charge in [0.05, 0.1) is 11.6 Å². The molecule has 0 radical (unpaired) electrons. The Bertz CT molecular complexity index is 825. The van der Waals surface area contributed by atoms with Crippen LogP contribution >= 0.6 is 0 Å². The van der Waals surface area contributed by atoms with Crippen LogP contribution in [0.3, 0.4) is 0 Å². The van der Waals surface area contributed by atoms with Gasteiger partial charge in [-0.15, -0.1) is 0 Å². The minimum absolute atomic E-state index is 0.0484. The van der Waals surface area contributed by atoms with Crippen LogP contribution in [-0.2, 0) is 16.1 Å². The monoisotopic (exact) mass is 358 g/mol. The normalized spacial score (nSPS) is 16.8. The molecule has 2 amide bonds. The van der Waals surface area contributed by atoms with Gasteiger partial charge in [-0.1, -0.05) is 24.3 Å². The maximum absolute atomic E-state index is 14.0. The maximum Gasteiger partial charge on any atom is 0.228 e. The van der Waals surface area contributed by atoms with E-state index in [1.54, 1.807) is 29.2 Å². The first kappa shape index (κ1) is 18.0. The maximum atomic E-state index is 14.0. The lowest BCUT2D eigenvalue weighted by Crippen LogP contribution is -2.37. The first-order chi connectivity index (χ1) is 12.5. The number of hydrogen-bond donors (Lipinski definition) is 0. The summed E-state index contributed by atoms with van der Waals surface area (Å²) in [5.41, 5.74) is 0.886. The molecule has 2 aromatic rings. The summed E-state index contributed by atoms with van der Waals surface area (Å²) in [5.74, 6) is -1.82. The Labute approximate surface area is 151 Å². The zero-order chi connectivity index (χ0) is 18.7. The van der Waals surface area contributed by atoms with Gasteiger partial charge in [-0.05, 0) is 36.8 Å². The number of nitrogens with zero attached hydrogens (tertiary/aromatic N) is 2. The van der Waals surface area contributed by atoms with Gasteiger partial charge in [0.1, 0.15) is 11.6 Å². The second kappa shape index (κ2) is 7.64. The molecule has 1 atom stereocenters. The second-order valence-electron chi connectivity index (χ2n) is 6.34. The van der Waals surface area contributed by atoms with Gasteiger partial charge >= 0.3 is 0 Å². The number of hydrogen-bond acceptors (Lipinski definition) is 2. The molecule has 26 heavy (non-hydrogen) atoms. The van der Waals surface area contributed by atoms with Crippen LogP contribution in [0, 0.1) is 17.6 Å². The van der Waals surface area contributed by atoms with Crippen molar-refractivity contribution in [1.29, 1.82) is 0 Å². The average molecular weight is 358 g/mol. The summed E-state index contributed by atoms with van der Waals surface area (Å²) in [6.45, 7) is 2.71. The number of carbonyl (C=O) groups is 2. The van der Waals surface area contributed by atoms with Crippen LogP contribution in [0.2, 0.25) is 0 Å². The van der Waals surface area contributed by atoms with Crippen molar-refractivity contribution in [2.24, 2.45) is 5.92 Å². The van der Waals surface area contributed by atoms with Crippen molar-refractivity contribution in [3.8, 4) is 0 Å². The molecule has 3 rings (SSSR count). The average Bonchev–Trinajstić information content (AvgIpc) is 3.01. The molecule has 0 bridgehead atoms. The van der Waals surface area contributed by atoms with E-state index >= 15 is 0 Å². The molecule has 0 spiro atoms. The number of rotatable bonds is 5. The van der Waals surface area contributed by atoms with E-state index in [-0.39, 0.29) is 42.8 Å². The van der Waals surface area contributed by atoms with Crippen LogP contribution in [0.5, 0.6) is 0 Å². The Hall–Kier alpha value is -2.76. The van der Waals surface area contributed by atoms with Crippen molar-refractivity contribution in [3.05, 3.63) is 65.7 Å². The van der Waals surface area contributed by atoms with E-state index in [1.165, 1.54) is 29.2 Å². The largest absolute Gasteiger partial charge is 0.338 e. The highest BCUT2D eigenvalue weighted by molar-refractivity contribution is 6.00. The molecule has 6 heteroatoms. The Kier molecular flexibility index (Phi) is 5.30. The first-order valence-corrected chi connectivity index (χ1v) is 8.57. The highest BCUT2D eigenvalue weighted by Gasteiger charge is 2.37. The molecule has 0 aliphatic carbocycles. The quantitative estimate of drug-likeness (QED) is 0.822. The number of carbonyl (C=O) groups excluding carboxylic acids is 2. The molecule has 1 saturated heterocycles. The molecule has 1 unspecified atom stereocenters. The van der Waals surface area contributed by atoms with Gasteiger partial charge in [0, 0.05) is 26.1 Å². The van der Waals surface area contributed by atoms with E-state index in [1.807, 2.05) is 6.92 Å². The van der Waals surface area contributed by atoms with Crippen molar-refractivity contribution in [1.82, 2.24) is 4.90 Å². The summed E-state index contributed by atoms with van der Waals surface area (Å²) in [6.07, 6.45) is 0.0484. The Morgan fingerprint density at radius 1 is 1.19 bits per heavy atom. The molecular formula is C20H20F2N2O2. The molecule has 136 valence electrons. The summed E-state index contributed by atoms with van der Waals surface area (Å²) in [6, 6.07) is 12.1. The van der Waals surface area contributed by atoms with Crippen LogP contribution in [-0.4, -0.2) is 29.8 Å². The number of halogens is 2. The van der Waals surface area contributed by atoms with Crippen molar-refractivity contribution in [3.63, 3.8) is 0 Å². The fraction of sp³-hybridized carbons (Fsp3) is 0.300. The summed E-state index contributed by atoms with van der Waals surface area (Å²) >= 11 is 0. The van der Waals surface area contributed by atoms with Crippen LogP contribution in [0.15, 0.2) is 48.5 Å². The van der Waals surface area contributed by atoms with E-state index in [2.05, 4.69) is 0 Å². The molecule has 1 aliphatic rings. The van der Waals surface area contributed by atoms with Gasteiger partial charge in [0.15, 0.2) is 0 Å². The van der Waals surface area contributed by atoms with Gasteiger partial charge in [-0.25, -0.2) is 8.78 Å². The Balaban J connectivity index is 1.73. The van der Waals surface area contributed by atoms with Gasteiger partial charge < -0.3 is 9.80 Å². The predicted octanol–water partition coefficient (Wildman–Crippen LogP) is 3.37. The van der Waals surface area contributed by atoms with Crippen LogP contribution in [0.1, 0.15) is 18.9 Å². The molecule has 0 aromatic heterocycles. The van der Waals surface area contributed by atoms with Gasteiger partial charge in [0.25, 0.3) is 0 Å². The van der Waals surface area contributed by atoms with Crippen molar-refractivity contribution >= 4 is 17.5 Å². The summed E-state index contributed by atoms with van der Waals surface area (Å²) in [4.78, 5) is 28.0. The molecule has 4 nitrogen and oxygen atoms in total. The molecule has 1 aliphatic heterocycles. The smallest absolute Gasteiger partial charge is 0.228 e. The van der Waals surface area contributed by atoms with Gasteiger partial charge in [-0.2, -0.15) is 0 Å². The third kappa shape index (κ3) is 3.74. The highest BCUT2D eigenvalue weighted by atomic mass is 19.1. The lowest BCUT2D eigenvalue weighted by atomic mass is 10.1. The zero-order valence-corrected chi connectivity index (χ0v) is 14.5. The molecule has 2 aromatic carbocycles. The molecular weight excluding hydrogens is 338 g/mol. The molecule has 1 heterocycles. The van der Waals surface area contributed by atoms with Gasteiger partial charge in [0.2, 0.25) is 11.8 Å². The van der Waals surface area contributed by atoms with Crippen molar-refractivity contribution in [2.75, 3.05) is 18.0 Å². The van der Waals surface area contributed by atoms with Crippen LogP contribution in [0.4, 0.5) is 14.5 Å².